The zero-order valence-electron chi connectivity index (χ0n) is 13.3. The maximum atomic E-state index is 12.5. The van der Waals surface area contributed by atoms with Crippen LogP contribution < -0.4 is 5.32 Å². The third-order valence-corrected chi connectivity index (χ3v) is 6.10. The quantitative estimate of drug-likeness (QED) is 0.755. The highest BCUT2D eigenvalue weighted by Gasteiger charge is 2.25. The third kappa shape index (κ3) is 5.62. The van der Waals surface area contributed by atoms with E-state index < -0.39 is 10.0 Å². The molecular formula is C15H26N2O2S2. The zero-order chi connectivity index (χ0) is 15.9. The normalized spacial score (nSPS) is 13.6. The van der Waals surface area contributed by atoms with Crippen LogP contribution in [-0.4, -0.2) is 44.9 Å². The van der Waals surface area contributed by atoms with E-state index in [1.807, 2.05) is 44.5 Å². The largest absolute Gasteiger partial charge is 0.316 e. The van der Waals surface area contributed by atoms with Crippen molar-refractivity contribution in [1.82, 2.24) is 9.62 Å². The molecule has 4 nitrogen and oxygen atoms in total. The Morgan fingerprint density at radius 3 is 2.57 bits per heavy atom. The van der Waals surface area contributed by atoms with Crippen molar-refractivity contribution in [3.8, 4) is 0 Å². The molecule has 1 aromatic carbocycles. The molecule has 1 N–H and O–H groups in total. The maximum absolute atomic E-state index is 12.5. The summed E-state index contributed by atoms with van der Waals surface area (Å²) in [5.41, 5.74) is 1.94. The van der Waals surface area contributed by atoms with E-state index in [0.717, 1.165) is 29.8 Å². The predicted octanol–water partition coefficient (Wildman–Crippen LogP) is 2.31. The molecule has 0 aliphatic carbocycles. The first-order valence-electron chi connectivity index (χ1n) is 7.11. The first-order valence-corrected chi connectivity index (χ1v) is 10.1. The van der Waals surface area contributed by atoms with Crippen molar-refractivity contribution < 1.29 is 8.42 Å². The van der Waals surface area contributed by atoms with Gasteiger partial charge in [0.2, 0.25) is 10.0 Å². The minimum absolute atomic E-state index is 0.0606. The number of rotatable bonds is 9. The summed E-state index contributed by atoms with van der Waals surface area (Å²) < 4.78 is 26.6. The van der Waals surface area contributed by atoms with Crippen LogP contribution in [0.15, 0.2) is 24.3 Å². The van der Waals surface area contributed by atoms with E-state index in [1.54, 1.807) is 18.8 Å². The molecule has 1 rings (SSSR count). The van der Waals surface area contributed by atoms with E-state index in [2.05, 4.69) is 5.32 Å². The summed E-state index contributed by atoms with van der Waals surface area (Å²) in [6.45, 7) is 2.77. The molecule has 1 aromatic rings. The van der Waals surface area contributed by atoms with Gasteiger partial charge in [0.05, 0.1) is 5.75 Å². The van der Waals surface area contributed by atoms with E-state index in [1.165, 1.54) is 4.31 Å². The third-order valence-electron chi connectivity index (χ3n) is 3.50. The first-order chi connectivity index (χ1) is 9.94. The van der Waals surface area contributed by atoms with Crippen molar-refractivity contribution in [2.45, 2.75) is 31.7 Å². The average molecular weight is 331 g/mol. The zero-order valence-corrected chi connectivity index (χ0v) is 14.9. The fourth-order valence-corrected chi connectivity index (χ4v) is 4.67. The molecule has 0 fully saturated rings. The Morgan fingerprint density at radius 2 is 2.00 bits per heavy atom. The Hall–Kier alpha value is -0.560. The Bertz CT molecular complexity index is 532. The molecule has 0 saturated carbocycles. The summed E-state index contributed by atoms with van der Waals surface area (Å²) in [6, 6.07) is 7.80. The van der Waals surface area contributed by atoms with Gasteiger partial charge in [-0.1, -0.05) is 31.2 Å². The number of hydrogen-bond donors (Lipinski definition) is 1. The summed E-state index contributed by atoms with van der Waals surface area (Å²) in [5.74, 6) is 0.887. The molecule has 0 bridgehead atoms. The number of benzene rings is 1. The van der Waals surface area contributed by atoms with Crippen LogP contribution in [0.5, 0.6) is 0 Å². The Kier molecular flexibility index (Phi) is 7.73. The molecule has 21 heavy (non-hydrogen) atoms. The minimum atomic E-state index is -3.28. The standard InChI is InChI=1S/C15H26N2O2S2/c1-5-15(11-20-4)17(3)21(18,19)12-14-8-6-7-13(9-14)10-16-2/h6-9,15-16H,5,10-12H2,1-4H3. The Morgan fingerprint density at radius 1 is 1.33 bits per heavy atom. The van der Waals surface area contributed by atoms with Crippen LogP contribution in [-0.2, 0) is 22.3 Å². The van der Waals surface area contributed by atoms with Crippen LogP contribution in [0.25, 0.3) is 0 Å². The Labute approximate surface area is 133 Å². The number of nitrogens with one attached hydrogen (secondary N) is 1. The number of thioether (sulfide) groups is 1. The van der Waals surface area contributed by atoms with E-state index in [0.29, 0.717) is 0 Å². The summed E-state index contributed by atoms with van der Waals surface area (Å²) in [7, 11) is 0.293. The van der Waals surface area contributed by atoms with Gasteiger partial charge in [-0.05, 0) is 30.9 Å². The highest BCUT2D eigenvalue weighted by Crippen LogP contribution is 2.17. The highest BCUT2D eigenvalue weighted by molar-refractivity contribution is 7.98. The molecule has 120 valence electrons. The van der Waals surface area contributed by atoms with Gasteiger partial charge in [-0.3, -0.25) is 0 Å². The molecule has 0 aromatic heterocycles. The van der Waals surface area contributed by atoms with Crippen LogP contribution in [0.1, 0.15) is 24.5 Å². The molecule has 0 amide bonds. The molecule has 6 heteroatoms. The van der Waals surface area contributed by atoms with Gasteiger partial charge in [0, 0.05) is 25.4 Å². The Balaban J connectivity index is 2.86. The number of nitrogens with zero attached hydrogens (tertiary/aromatic N) is 1. The van der Waals surface area contributed by atoms with Crippen molar-refractivity contribution in [3.63, 3.8) is 0 Å². The molecular weight excluding hydrogens is 304 g/mol. The van der Waals surface area contributed by atoms with Crippen LogP contribution >= 0.6 is 11.8 Å². The van der Waals surface area contributed by atoms with Gasteiger partial charge in [0.15, 0.2) is 0 Å². The van der Waals surface area contributed by atoms with Crippen LogP contribution in [0.3, 0.4) is 0 Å². The van der Waals surface area contributed by atoms with Crippen LogP contribution in [0, 0.1) is 0 Å². The lowest BCUT2D eigenvalue weighted by atomic mass is 10.1. The molecule has 0 heterocycles. The smallest absolute Gasteiger partial charge is 0.218 e. The van der Waals surface area contributed by atoms with Crippen LogP contribution in [0.4, 0.5) is 0 Å². The van der Waals surface area contributed by atoms with Gasteiger partial charge in [-0.15, -0.1) is 0 Å². The van der Waals surface area contributed by atoms with Gasteiger partial charge in [0.1, 0.15) is 0 Å². The highest BCUT2D eigenvalue weighted by atomic mass is 32.2. The summed E-state index contributed by atoms with van der Waals surface area (Å²) in [6.07, 6.45) is 2.83. The van der Waals surface area contributed by atoms with Gasteiger partial charge in [-0.2, -0.15) is 11.8 Å². The lowest BCUT2D eigenvalue weighted by Crippen LogP contribution is -2.39. The lowest BCUT2D eigenvalue weighted by molar-refractivity contribution is 0.385. The van der Waals surface area contributed by atoms with E-state index in [4.69, 9.17) is 0 Å². The van der Waals surface area contributed by atoms with Crippen molar-refractivity contribution in [2.24, 2.45) is 0 Å². The lowest BCUT2D eigenvalue weighted by Gasteiger charge is -2.26. The van der Waals surface area contributed by atoms with Gasteiger partial charge >= 0.3 is 0 Å². The van der Waals surface area contributed by atoms with Crippen LogP contribution in [0.2, 0.25) is 0 Å². The second-order valence-electron chi connectivity index (χ2n) is 5.14. The average Bonchev–Trinajstić information content (AvgIpc) is 2.44. The minimum Gasteiger partial charge on any atom is -0.316 e. The SMILES string of the molecule is CCC(CSC)N(C)S(=O)(=O)Cc1cccc(CNC)c1. The van der Waals surface area contributed by atoms with Crippen molar-refractivity contribution in [3.05, 3.63) is 35.4 Å². The fourth-order valence-electron chi connectivity index (χ4n) is 2.25. The van der Waals surface area contributed by atoms with Gasteiger partial charge in [0.25, 0.3) is 0 Å². The number of hydrogen-bond acceptors (Lipinski definition) is 4. The monoisotopic (exact) mass is 330 g/mol. The topological polar surface area (TPSA) is 49.4 Å². The summed E-state index contributed by atoms with van der Waals surface area (Å²) in [5, 5.41) is 3.08. The fraction of sp³-hybridized carbons (Fsp3) is 0.600. The second kappa shape index (κ2) is 8.78. The van der Waals surface area contributed by atoms with Gasteiger partial charge in [-0.25, -0.2) is 12.7 Å². The van der Waals surface area contributed by atoms with Crippen molar-refractivity contribution in [1.29, 1.82) is 0 Å². The molecule has 1 unspecified atom stereocenters. The molecule has 1 atom stereocenters. The van der Waals surface area contributed by atoms with E-state index in [-0.39, 0.29) is 11.8 Å². The maximum Gasteiger partial charge on any atom is 0.218 e. The second-order valence-corrected chi connectivity index (χ2v) is 8.08. The summed E-state index contributed by atoms with van der Waals surface area (Å²) in [4.78, 5) is 0. The molecule has 0 aliphatic heterocycles. The van der Waals surface area contributed by atoms with Crippen molar-refractivity contribution in [2.75, 3.05) is 26.1 Å². The predicted molar refractivity (Wildman–Crippen MR) is 92.1 cm³/mol. The number of sulfonamides is 1. The summed E-state index contributed by atoms with van der Waals surface area (Å²) >= 11 is 1.68. The van der Waals surface area contributed by atoms with Gasteiger partial charge < -0.3 is 5.32 Å². The molecule has 0 spiro atoms. The van der Waals surface area contributed by atoms with E-state index in [9.17, 15) is 8.42 Å². The van der Waals surface area contributed by atoms with Crippen molar-refractivity contribution >= 4 is 21.8 Å². The first kappa shape index (κ1) is 18.5. The molecule has 0 saturated heterocycles. The molecule has 0 aliphatic rings. The van der Waals surface area contributed by atoms with E-state index >= 15 is 0 Å². The molecule has 0 radical (unpaired) electrons.